The van der Waals surface area contributed by atoms with Gasteiger partial charge in [0.25, 0.3) is 0 Å². The van der Waals surface area contributed by atoms with Crippen molar-refractivity contribution in [2.45, 2.75) is 75.5 Å². The molecule has 8 N–H and O–H groups in total. The molecule has 0 radical (unpaired) electrons. The number of aryl methyl sites for hydroxylation is 1. The van der Waals surface area contributed by atoms with Crippen LogP contribution in [0.4, 0.5) is 0 Å². The Balaban J connectivity index is 1.84. The number of likely N-dealkylation sites (tertiary alicyclic amines) is 1. The van der Waals surface area contributed by atoms with Gasteiger partial charge in [0, 0.05) is 13.0 Å². The number of hydrogen-bond donors (Lipinski definition) is 6. The van der Waals surface area contributed by atoms with Crippen molar-refractivity contribution in [1.82, 2.24) is 20.9 Å². The van der Waals surface area contributed by atoms with Crippen LogP contribution in [0.2, 0.25) is 0 Å². The summed E-state index contributed by atoms with van der Waals surface area (Å²) in [5.41, 5.74) is 11.5. The summed E-state index contributed by atoms with van der Waals surface area (Å²) < 4.78 is 0. The fraction of sp³-hybridized carbons (Fsp3) is 0.452. The second-order valence-corrected chi connectivity index (χ2v) is 11.4. The highest BCUT2D eigenvalue weighted by Gasteiger charge is 2.38. The summed E-state index contributed by atoms with van der Waals surface area (Å²) in [5, 5.41) is 18.7. The SMILES string of the molecule is NC(=O)C[C@H](NC(=O)[C@H](CCc1ccc2ccccc2c1)NC(=O)[C@@H]1CCCCN1C(=O)[C@H](CCC(=O)O)NC(=O)CCl)C(N)=O. The average molecular weight is 659 g/mol. The van der Waals surface area contributed by atoms with Crippen molar-refractivity contribution in [3.8, 4) is 0 Å². The van der Waals surface area contributed by atoms with Gasteiger partial charge in [0.1, 0.15) is 30.0 Å². The van der Waals surface area contributed by atoms with Crippen molar-refractivity contribution < 1.29 is 38.7 Å². The van der Waals surface area contributed by atoms with E-state index in [0.29, 0.717) is 19.3 Å². The topological polar surface area (TPSA) is 231 Å². The Morgan fingerprint density at radius 3 is 2.26 bits per heavy atom. The number of benzene rings is 2. The van der Waals surface area contributed by atoms with E-state index >= 15 is 0 Å². The lowest BCUT2D eigenvalue weighted by molar-refractivity contribution is -0.146. The molecule has 6 amide bonds. The molecule has 3 rings (SSSR count). The van der Waals surface area contributed by atoms with Crippen molar-refractivity contribution in [3.05, 3.63) is 48.0 Å². The number of carboxylic acids is 1. The molecule has 0 bridgehead atoms. The summed E-state index contributed by atoms with van der Waals surface area (Å²) in [6.07, 6.45) is 0.664. The van der Waals surface area contributed by atoms with Crippen LogP contribution in [0.1, 0.15) is 50.5 Å². The molecule has 0 aliphatic carbocycles. The van der Waals surface area contributed by atoms with Crippen LogP contribution in [0.3, 0.4) is 0 Å². The summed E-state index contributed by atoms with van der Waals surface area (Å²) in [6.45, 7) is 0.160. The molecule has 46 heavy (non-hydrogen) atoms. The van der Waals surface area contributed by atoms with Gasteiger partial charge in [-0.25, -0.2) is 0 Å². The minimum absolute atomic E-state index is 0.0889. The number of aliphatic carboxylic acids is 1. The Bertz CT molecular complexity index is 1470. The number of hydrogen-bond acceptors (Lipinski definition) is 7. The fourth-order valence-corrected chi connectivity index (χ4v) is 5.44. The molecule has 248 valence electrons. The number of nitrogens with zero attached hydrogens (tertiary/aromatic N) is 1. The maximum absolute atomic E-state index is 13.7. The number of rotatable bonds is 16. The van der Waals surface area contributed by atoms with Gasteiger partial charge >= 0.3 is 5.97 Å². The predicted octanol–water partition coefficient (Wildman–Crippen LogP) is 0.0722. The van der Waals surface area contributed by atoms with Gasteiger partial charge in [-0.2, -0.15) is 0 Å². The van der Waals surface area contributed by atoms with Crippen molar-refractivity contribution in [3.63, 3.8) is 0 Å². The van der Waals surface area contributed by atoms with Gasteiger partial charge < -0.3 is 37.4 Å². The third kappa shape index (κ3) is 10.4. The van der Waals surface area contributed by atoms with Crippen LogP contribution in [-0.4, -0.2) is 88.0 Å². The summed E-state index contributed by atoms with van der Waals surface area (Å²) >= 11 is 5.59. The van der Waals surface area contributed by atoms with Crippen LogP contribution in [0.5, 0.6) is 0 Å². The Kier molecular flexibility index (Phi) is 13.3. The van der Waals surface area contributed by atoms with E-state index in [-0.39, 0.29) is 25.8 Å². The third-order valence-corrected chi connectivity index (χ3v) is 7.97. The number of carboxylic acid groups (broad SMARTS) is 1. The largest absolute Gasteiger partial charge is 0.481 e. The highest BCUT2D eigenvalue weighted by molar-refractivity contribution is 6.27. The molecular formula is C31H39ClN6O8. The van der Waals surface area contributed by atoms with Crippen molar-refractivity contribution >= 4 is 63.8 Å². The van der Waals surface area contributed by atoms with Gasteiger partial charge in [0.15, 0.2) is 0 Å². The number of amides is 6. The van der Waals surface area contributed by atoms with Crippen LogP contribution in [0.25, 0.3) is 10.8 Å². The van der Waals surface area contributed by atoms with E-state index in [1.54, 1.807) is 0 Å². The zero-order valence-electron chi connectivity index (χ0n) is 25.2. The van der Waals surface area contributed by atoms with Crippen LogP contribution < -0.4 is 27.4 Å². The molecule has 4 atom stereocenters. The number of alkyl halides is 1. The molecule has 0 unspecified atom stereocenters. The molecule has 2 aromatic carbocycles. The van der Waals surface area contributed by atoms with Gasteiger partial charge in [-0.3, -0.25) is 33.6 Å². The zero-order valence-corrected chi connectivity index (χ0v) is 26.0. The van der Waals surface area contributed by atoms with Crippen LogP contribution in [0.15, 0.2) is 42.5 Å². The summed E-state index contributed by atoms with van der Waals surface area (Å²) in [7, 11) is 0. The molecule has 1 fully saturated rings. The zero-order chi connectivity index (χ0) is 33.8. The molecule has 1 heterocycles. The molecule has 2 aromatic rings. The van der Waals surface area contributed by atoms with Crippen LogP contribution in [0, 0.1) is 0 Å². The number of primary amides is 2. The highest BCUT2D eigenvalue weighted by atomic mass is 35.5. The predicted molar refractivity (Wildman–Crippen MR) is 168 cm³/mol. The first-order valence-electron chi connectivity index (χ1n) is 14.9. The third-order valence-electron chi connectivity index (χ3n) is 7.72. The van der Waals surface area contributed by atoms with E-state index in [9.17, 15) is 33.6 Å². The van der Waals surface area contributed by atoms with E-state index < -0.39 is 84.3 Å². The summed E-state index contributed by atoms with van der Waals surface area (Å²) in [6, 6.07) is 8.64. The summed E-state index contributed by atoms with van der Waals surface area (Å²) in [5.74, 6) is -6.22. The number of halogens is 1. The molecule has 14 nitrogen and oxygen atoms in total. The minimum Gasteiger partial charge on any atom is -0.481 e. The fourth-order valence-electron chi connectivity index (χ4n) is 5.36. The number of piperidine rings is 1. The van der Waals surface area contributed by atoms with E-state index in [1.807, 2.05) is 42.5 Å². The highest BCUT2D eigenvalue weighted by Crippen LogP contribution is 2.21. The smallest absolute Gasteiger partial charge is 0.303 e. The van der Waals surface area contributed by atoms with Crippen molar-refractivity contribution in [2.24, 2.45) is 11.5 Å². The maximum atomic E-state index is 13.7. The quantitative estimate of drug-likeness (QED) is 0.135. The Morgan fingerprint density at radius 2 is 1.61 bits per heavy atom. The monoisotopic (exact) mass is 658 g/mol. The lowest BCUT2D eigenvalue weighted by Gasteiger charge is -2.37. The Hall–Kier alpha value is -4.72. The van der Waals surface area contributed by atoms with Gasteiger partial charge in [-0.15, -0.1) is 11.6 Å². The normalized spacial score (nSPS) is 16.5. The van der Waals surface area contributed by atoms with Crippen LogP contribution in [-0.2, 0) is 40.0 Å². The van der Waals surface area contributed by atoms with E-state index in [0.717, 1.165) is 16.3 Å². The molecule has 0 aromatic heterocycles. The number of carbonyl (C=O) groups excluding carboxylic acids is 6. The van der Waals surface area contributed by atoms with Gasteiger partial charge in [-0.1, -0.05) is 42.5 Å². The number of carbonyl (C=O) groups is 7. The molecule has 15 heteroatoms. The van der Waals surface area contributed by atoms with Gasteiger partial charge in [-0.05, 0) is 54.9 Å². The molecule has 0 spiro atoms. The van der Waals surface area contributed by atoms with Gasteiger partial charge in [0.2, 0.25) is 35.4 Å². The Labute approximate surface area is 270 Å². The standard InChI is InChI=1S/C31H39ClN6O8/c32-17-26(40)35-22(12-13-27(41)42)31(46)38-14-4-3-7-24(38)30(45)36-21(29(44)37-23(28(34)43)16-25(33)39)11-9-18-8-10-19-5-1-2-6-20(19)15-18/h1-2,5-6,8,10,15,21-24H,3-4,7,9,11-14,16-17H2,(H2,33,39)(H2,34,43)(H,35,40)(H,36,45)(H,37,44)(H,41,42)/t21-,22-,23-,24-/m0/s1. The number of fused-ring (bicyclic) bond motifs is 1. The van der Waals surface area contributed by atoms with E-state index in [4.69, 9.17) is 28.2 Å². The first-order valence-corrected chi connectivity index (χ1v) is 15.5. The summed E-state index contributed by atoms with van der Waals surface area (Å²) in [4.78, 5) is 88.6. The first kappa shape index (κ1) is 35.8. The molecule has 0 saturated carbocycles. The molecule has 1 aliphatic heterocycles. The van der Waals surface area contributed by atoms with E-state index in [2.05, 4.69) is 16.0 Å². The second-order valence-electron chi connectivity index (χ2n) is 11.1. The maximum Gasteiger partial charge on any atom is 0.303 e. The second kappa shape index (κ2) is 17.1. The first-order chi connectivity index (χ1) is 21.9. The lowest BCUT2D eigenvalue weighted by Crippen LogP contribution is -2.60. The lowest BCUT2D eigenvalue weighted by atomic mass is 9.97. The molecular weight excluding hydrogens is 620 g/mol. The molecule has 1 saturated heterocycles. The average Bonchev–Trinajstić information content (AvgIpc) is 3.03. The number of nitrogens with one attached hydrogen (secondary N) is 3. The minimum atomic E-state index is -1.40. The Morgan fingerprint density at radius 1 is 0.891 bits per heavy atom. The van der Waals surface area contributed by atoms with Crippen molar-refractivity contribution in [2.75, 3.05) is 12.4 Å². The van der Waals surface area contributed by atoms with Crippen molar-refractivity contribution in [1.29, 1.82) is 0 Å². The number of nitrogens with two attached hydrogens (primary N) is 2. The van der Waals surface area contributed by atoms with Crippen LogP contribution >= 0.6 is 11.6 Å². The van der Waals surface area contributed by atoms with E-state index in [1.165, 1.54) is 4.90 Å². The van der Waals surface area contributed by atoms with Gasteiger partial charge in [0.05, 0.1) is 6.42 Å². The molecule has 1 aliphatic rings.